The molecule has 2 unspecified atom stereocenters. The van der Waals surface area contributed by atoms with Crippen molar-refractivity contribution in [2.24, 2.45) is 11.8 Å². The molecule has 0 spiro atoms. The molecular formula is C15H20N2. The molecule has 0 aromatic heterocycles. The summed E-state index contributed by atoms with van der Waals surface area (Å²) in [5.41, 5.74) is 5.04. The highest BCUT2D eigenvalue weighted by atomic mass is 15.2. The molecule has 0 radical (unpaired) electrons. The average molecular weight is 228 g/mol. The van der Waals surface area contributed by atoms with Crippen molar-refractivity contribution in [1.82, 2.24) is 10.2 Å². The molecule has 1 fully saturated rings. The molecule has 2 atom stereocenters. The van der Waals surface area contributed by atoms with E-state index in [1.807, 2.05) is 0 Å². The summed E-state index contributed by atoms with van der Waals surface area (Å²) in [7, 11) is 0. The van der Waals surface area contributed by atoms with Gasteiger partial charge in [0.25, 0.3) is 0 Å². The number of rotatable bonds is 0. The van der Waals surface area contributed by atoms with Crippen LogP contribution >= 0.6 is 0 Å². The van der Waals surface area contributed by atoms with Gasteiger partial charge in [0, 0.05) is 43.7 Å². The Hall–Kier alpha value is -1.02. The highest BCUT2D eigenvalue weighted by Crippen LogP contribution is 2.44. The summed E-state index contributed by atoms with van der Waals surface area (Å²) in [6, 6.07) is 0. The minimum atomic E-state index is 0.686. The summed E-state index contributed by atoms with van der Waals surface area (Å²) in [5, 5.41) is 3.61. The first-order chi connectivity index (χ1) is 8.43. The molecule has 0 saturated carbocycles. The highest BCUT2D eigenvalue weighted by molar-refractivity contribution is 5.48. The fourth-order valence-electron chi connectivity index (χ4n) is 4.02. The molecule has 2 heteroatoms. The third-order valence-electron chi connectivity index (χ3n) is 4.75. The first-order valence-corrected chi connectivity index (χ1v) is 7.01. The molecular weight excluding hydrogens is 208 g/mol. The van der Waals surface area contributed by atoms with Crippen LogP contribution in [-0.2, 0) is 0 Å². The van der Waals surface area contributed by atoms with E-state index >= 15 is 0 Å². The summed E-state index contributed by atoms with van der Waals surface area (Å²) in [6.07, 6.45) is 11.1. The van der Waals surface area contributed by atoms with Gasteiger partial charge in [0.1, 0.15) is 0 Å². The van der Waals surface area contributed by atoms with Crippen LogP contribution in [0.4, 0.5) is 0 Å². The van der Waals surface area contributed by atoms with Gasteiger partial charge in [-0.3, -0.25) is 0 Å². The first kappa shape index (κ1) is 9.95. The van der Waals surface area contributed by atoms with E-state index in [1.165, 1.54) is 38.9 Å². The van der Waals surface area contributed by atoms with Crippen molar-refractivity contribution in [3.63, 3.8) is 0 Å². The van der Waals surface area contributed by atoms with Gasteiger partial charge in [-0.15, -0.1) is 0 Å². The molecule has 2 aliphatic heterocycles. The Balaban J connectivity index is 1.83. The van der Waals surface area contributed by atoms with Gasteiger partial charge in [-0.2, -0.15) is 0 Å². The van der Waals surface area contributed by atoms with Gasteiger partial charge in [-0.25, -0.2) is 0 Å². The van der Waals surface area contributed by atoms with E-state index in [1.54, 1.807) is 16.8 Å². The molecule has 2 heterocycles. The van der Waals surface area contributed by atoms with Crippen LogP contribution in [-0.4, -0.2) is 31.1 Å². The number of hydrogen-bond donors (Lipinski definition) is 1. The van der Waals surface area contributed by atoms with Crippen molar-refractivity contribution in [3.05, 3.63) is 35.1 Å². The van der Waals surface area contributed by atoms with Crippen molar-refractivity contribution < 1.29 is 0 Å². The molecule has 0 amide bonds. The lowest BCUT2D eigenvalue weighted by Gasteiger charge is -2.42. The maximum atomic E-state index is 3.61. The summed E-state index contributed by atoms with van der Waals surface area (Å²) in [5.74, 6) is 1.47. The lowest BCUT2D eigenvalue weighted by Crippen LogP contribution is -2.39. The molecule has 2 aliphatic carbocycles. The Kier molecular flexibility index (Phi) is 2.19. The summed E-state index contributed by atoms with van der Waals surface area (Å²) in [6.45, 7) is 4.77. The van der Waals surface area contributed by atoms with E-state index < -0.39 is 0 Å². The molecule has 90 valence electrons. The molecule has 17 heavy (non-hydrogen) atoms. The van der Waals surface area contributed by atoms with E-state index in [0.717, 1.165) is 12.5 Å². The summed E-state index contributed by atoms with van der Waals surface area (Å²) in [4.78, 5) is 2.68. The molecule has 1 saturated heterocycles. The van der Waals surface area contributed by atoms with E-state index in [0.29, 0.717) is 5.92 Å². The Bertz CT molecular complexity index is 430. The number of fused-ring (bicyclic) bond motifs is 2. The van der Waals surface area contributed by atoms with E-state index in [9.17, 15) is 0 Å². The van der Waals surface area contributed by atoms with E-state index in [-0.39, 0.29) is 0 Å². The predicted octanol–water partition coefficient (Wildman–Crippen LogP) is 2.07. The zero-order valence-corrected chi connectivity index (χ0v) is 10.3. The van der Waals surface area contributed by atoms with E-state index in [2.05, 4.69) is 28.4 Å². The first-order valence-electron chi connectivity index (χ1n) is 7.01. The second-order valence-electron chi connectivity index (χ2n) is 5.72. The largest absolute Gasteiger partial charge is 0.372 e. The van der Waals surface area contributed by atoms with Crippen LogP contribution in [0.2, 0.25) is 0 Å². The molecule has 0 aromatic rings. The van der Waals surface area contributed by atoms with Crippen LogP contribution in [0.5, 0.6) is 0 Å². The maximum absolute atomic E-state index is 3.61. The van der Waals surface area contributed by atoms with Crippen molar-refractivity contribution >= 4 is 0 Å². The van der Waals surface area contributed by atoms with Crippen LogP contribution in [0.1, 0.15) is 19.3 Å². The molecule has 2 nitrogen and oxygen atoms in total. The standard InChI is InChI=1S/C15H20N2/c1-3-11-9-16-7-8-17-10-12-4-2-5-13(12)14(6-1)15(11)17/h2,4-5,11-12,16H,1,3,6-10H2. The van der Waals surface area contributed by atoms with Crippen molar-refractivity contribution in [2.45, 2.75) is 19.3 Å². The SMILES string of the molecule is C1=CC2CN3CCNCC4CCCC(=C43)C2=C1. The zero-order valence-electron chi connectivity index (χ0n) is 10.3. The number of allylic oxidation sites excluding steroid dienone is 3. The minimum absolute atomic E-state index is 0.686. The van der Waals surface area contributed by atoms with E-state index in [4.69, 9.17) is 0 Å². The summed E-state index contributed by atoms with van der Waals surface area (Å²) >= 11 is 0. The molecule has 1 N–H and O–H groups in total. The number of nitrogens with zero attached hydrogens (tertiary/aromatic N) is 1. The molecule has 0 bridgehead atoms. The third kappa shape index (κ3) is 1.43. The molecule has 0 aromatic carbocycles. The quantitative estimate of drug-likeness (QED) is 0.683. The van der Waals surface area contributed by atoms with Crippen LogP contribution in [0.15, 0.2) is 35.1 Å². The van der Waals surface area contributed by atoms with Gasteiger partial charge < -0.3 is 10.2 Å². The Morgan fingerprint density at radius 3 is 3.35 bits per heavy atom. The second-order valence-corrected chi connectivity index (χ2v) is 5.72. The lowest BCUT2D eigenvalue weighted by molar-refractivity contribution is 0.274. The van der Waals surface area contributed by atoms with Crippen LogP contribution in [0.3, 0.4) is 0 Å². The fraction of sp³-hybridized carbons (Fsp3) is 0.600. The Labute approximate surface area is 103 Å². The van der Waals surface area contributed by atoms with Gasteiger partial charge in [-0.1, -0.05) is 18.2 Å². The van der Waals surface area contributed by atoms with Crippen LogP contribution < -0.4 is 5.32 Å². The number of hydrogen-bond acceptors (Lipinski definition) is 2. The summed E-state index contributed by atoms with van der Waals surface area (Å²) < 4.78 is 0. The van der Waals surface area contributed by atoms with Crippen molar-refractivity contribution in [1.29, 1.82) is 0 Å². The maximum Gasteiger partial charge on any atom is 0.0300 e. The fourth-order valence-corrected chi connectivity index (χ4v) is 4.02. The third-order valence-corrected chi connectivity index (χ3v) is 4.75. The van der Waals surface area contributed by atoms with Gasteiger partial charge in [0.15, 0.2) is 0 Å². The van der Waals surface area contributed by atoms with Gasteiger partial charge >= 0.3 is 0 Å². The van der Waals surface area contributed by atoms with Crippen molar-refractivity contribution in [3.8, 4) is 0 Å². The zero-order chi connectivity index (χ0) is 11.2. The molecule has 4 aliphatic rings. The van der Waals surface area contributed by atoms with Crippen LogP contribution in [0, 0.1) is 11.8 Å². The lowest BCUT2D eigenvalue weighted by atomic mass is 9.77. The second kappa shape index (κ2) is 3.74. The normalized spacial score (nSPS) is 35.3. The highest BCUT2D eigenvalue weighted by Gasteiger charge is 2.37. The van der Waals surface area contributed by atoms with Crippen molar-refractivity contribution in [2.75, 3.05) is 26.2 Å². The van der Waals surface area contributed by atoms with Gasteiger partial charge in [-0.05, 0) is 30.4 Å². The monoisotopic (exact) mass is 228 g/mol. The van der Waals surface area contributed by atoms with Crippen LogP contribution in [0.25, 0.3) is 0 Å². The Morgan fingerprint density at radius 2 is 2.35 bits per heavy atom. The minimum Gasteiger partial charge on any atom is -0.372 e. The van der Waals surface area contributed by atoms with Gasteiger partial charge in [0.05, 0.1) is 0 Å². The predicted molar refractivity (Wildman–Crippen MR) is 69.5 cm³/mol. The Morgan fingerprint density at radius 1 is 1.35 bits per heavy atom. The topological polar surface area (TPSA) is 15.3 Å². The average Bonchev–Trinajstić information content (AvgIpc) is 2.73. The smallest absolute Gasteiger partial charge is 0.0300 e. The number of nitrogens with one attached hydrogen (secondary N) is 1. The van der Waals surface area contributed by atoms with Gasteiger partial charge in [0.2, 0.25) is 0 Å². The molecule has 4 rings (SSSR count).